The summed E-state index contributed by atoms with van der Waals surface area (Å²) in [7, 11) is 0. The van der Waals surface area contributed by atoms with E-state index in [1.54, 1.807) is 0 Å². The second-order valence-corrected chi connectivity index (χ2v) is 20.6. The number of carbonyl (C=O) groups excluding carboxylic acids is 3. The van der Waals surface area contributed by atoms with E-state index in [9.17, 15) is 14.4 Å². The SMILES string of the molecule is CCCCCCCC/C=C/C/C=C/CCC(=O)OCC(COC(=O)CCCCCCCCCCCCCCCCCCCCC)OC(=O)CCCCCCCCCCCCCCCCCCCC. The monoisotopic (exact) mass is 957 g/mol. The first kappa shape index (κ1) is 65.9. The molecular formula is C62H116O6. The molecule has 0 aromatic rings. The van der Waals surface area contributed by atoms with Crippen LogP contribution in [-0.4, -0.2) is 37.2 Å². The number of hydrogen-bond acceptors (Lipinski definition) is 6. The molecule has 0 N–H and O–H groups in total. The Balaban J connectivity index is 4.32. The molecule has 1 unspecified atom stereocenters. The Morgan fingerprint density at radius 3 is 0.897 bits per heavy atom. The Hall–Kier alpha value is -2.11. The summed E-state index contributed by atoms with van der Waals surface area (Å²) in [4.78, 5) is 38.1. The topological polar surface area (TPSA) is 78.9 Å². The molecule has 0 aliphatic rings. The van der Waals surface area contributed by atoms with Crippen molar-refractivity contribution in [2.24, 2.45) is 0 Å². The standard InChI is InChI=1S/C62H116O6/c1-4-7-10-13-16-19-22-25-27-29-31-33-34-37-40-43-46-49-52-55-61(64)67-58-59(57-66-60(63)54-51-48-45-42-39-36-24-21-18-15-12-9-6-3)68-62(65)56-53-50-47-44-41-38-35-32-30-28-26-23-20-17-14-11-8-5-2/h36,39,45,48,59H,4-35,37-38,40-44,46-47,49-58H2,1-3H3/b39-36+,48-45+. The van der Waals surface area contributed by atoms with Gasteiger partial charge in [0.2, 0.25) is 0 Å². The van der Waals surface area contributed by atoms with Gasteiger partial charge in [0.25, 0.3) is 0 Å². The van der Waals surface area contributed by atoms with Crippen LogP contribution in [-0.2, 0) is 28.6 Å². The summed E-state index contributed by atoms with van der Waals surface area (Å²) in [5.41, 5.74) is 0. The molecule has 0 amide bonds. The number of unbranched alkanes of at least 4 members (excludes halogenated alkanes) is 41. The molecule has 68 heavy (non-hydrogen) atoms. The summed E-state index contributed by atoms with van der Waals surface area (Å²) in [6, 6.07) is 0. The normalized spacial score (nSPS) is 12.1. The molecule has 0 bridgehead atoms. The summed E-state index contributed by atoms with van der Waals surface area (Å²) in [6.45, 7) is 6.64. The van der Waals surface area contributed by atoms with Gasteiger partial charge >= 0.3 is 17.9 Å². The first-order valence-electron chi connectivity index (χ1n) is 30.3. The van der Waals surface area contributed by atoms with Crippen LogP contribution in [0.15, 0.2) is 24.3 Å². The third kappa shape index (κ3) is 54.8. The van der Waals surface area contributed by atoms with E-state index < -0.39 is 6.10 Å². The molecular weight excluding hydrogens is 841 g/mol. The van der Waals surface area contributed by atoms with Gasteiger partial charge in [-0.1, -0.05) is 302 Å². The van der Waals surface area contributed by atoms with E-state index in [0.29, 0.717) is 19.3 Å². The second-order valence-electron chi connectivity index (χ2n) is 20.6. The Kier molecular flexibility index (Phi) is 55.7. The predicted molar refractivity (Wildman–Crippen MR) is 293 cm³/mol. The summed E-state index contributed by atoms with van der Waals surface area (Å²) in [6.07, 6.45) is 67.6. The molecule has 6 nitrogen and oxygen atoms in total. The van der Waals surface area contributed by atoms with Crippen molar-refractivity contribution in [1.29, 1.82) is 0 Å². The van der Waals surface area contributed by atoms with Crippen molar-refractivity contribution in [3.05, 3.63) is 24.3 Å². The van der Waals surface area contributed by atoms with Crippen LogP contribution in [0.1, 0.15) is 335 Å². The molecule has 0 heterocycles. The molecule has 1 atom stereocenters. The van der Waals surface area contributed by atoms with E-state index in [0.717, 1.165) is 51.4 Å². The van der Waals surface area contributed by atoms with Crippen molar-refractivity contribution < 1.29 is 28.6 Å². The molecule has 6 heteroatoms. The van der Waals surface area contributed by atoms with Crippen molar-refractivity contribution >= 4 is 17.9 Å². The van der Waals surface area contributed by atoms with E-state index >= 15 is 0 Å². The fourth-order valence-electron chi connectivity index (χ4n) is 9.15. The highest BCUT2D eigenvalue weighted by atomic mass is 16.6. The lowest BCUT2D eigenvalue weighted by Crippen LogP contribution is -2.30. The molecule has 0 rings (SSSR count). The maximum Gasteiger partial charge on any atom is 0.306 e. The second kappa shape index (κ2) is 57.5. The Morgan fingerprint density at radius 1 is 0.294 bits per heavy atom. The van der Waals surface area contributed by atoms with Crippen LogP contribution < -0.4 is 0 Å². The third-order valence-corrected chi connectivity index (χ3v) is 13.7. The zero-order valence-corrected chi connectivity index (χ0v) is 45.9. The number of rotatable bonds is 56. The number of carbonyl (C=O) groups is 3. The Morgan fingerprint density at radius 2 is 0.559 bits per heavy atom. The lowest BCUT2D eigenvalue weighted by atomic mass is 10.0. The van der Waals surface area contributed by atoms with Crippen LogP contribution in [0.5, 0.6) is 0 Å². The number of esters is 3. The zero-order chi connectivity index (χ0) is 49.3. The molecule has 0 radical (unpaired) electrons. The molecule has 0 fully saturated rings. The van der Waals surface area contributed by atoms with Crippen molar-refractivity contribution in [3.63, 3.8) is 0 Å². The van der Waals surface area contributed by atoms with Crippen LogP contribution in [0.3, 0.4) is 0 Å². The average Bonchev–Trinajstić information content (AvgIpc) is 3.34. The Labute approximate surface area is 423 Å². The van der Waals surface area contributed by atoms with Crippen molar-refractivity contribution in [1.82, 2.24) is 0 Å². The highest BCUT2D eigenvalue weighted by molar-refractivity contribution is 5.71. The molecule has 0 aromatic heterocycles. The maximum absolute atomic E-state index is 12.9. The van der Waals surface area contributed by atoms with E-state index in [2.05, 4.69) is 39.0 Å². The third-order valence-electron chi connectivity index (χ3n) is 13.7. The fourth-order valence-corrected chi connectivity index (χ4v) is 9.15. The van der Waals surface area contributed by atoms with Crippen LogP contribution in [0, 0.1) is 0 Å². The number of ether oxygens (including phenoxy) is 3. The molecule has 0 aromatic carbocycles. The van der Waals surface area contributed by atoms with E-state index in [1.165, 1.54) is 238 Å². The number of hydrogen-bond donors (Lipinski definition) is 0. The van der Waals surface area contributed by atoms with Gasteiger partial charge in [-0.25, -0.2) is 0 Å². The largest absolute Gasteiger partial charge is 0.462 e. The zero-order valence-electron chi connectivity index (χ0n) is 45.9. The molecule has 0 saturated heterocycles. The number of allylic oxidation sites excluding steroid dienone is 4. The van der Waals surface area contributed by atoms with Gasteiger partial charge in [-0.15, -0.1) is 0 Å². The van der Waals surface area contributed by atoms with E-state index in [4.69, 9.17) is 14.2 Å². The summed E-state index contributed by atoms with van der Waals surface area (Å²) in [5, 5.41) is 0. The van der Waals surface area contributed by atoms with Gasteiger partial charge < -0.3 is 14.2 Å². The molecule has 0 aliphatic carbocycles. The minimum Gasteiger partial charge on any atom is -0.462 e. The van der Waals surface area contributed by atoms with Crippen LogP contribution in [0.2, 0.25) is 0 Å². The van der Waals surface area contributed by atoms with Crippen LogP contribution in [0.25, 0.3) is 0 Å². The van der Waals surface area contributed by atoms with Crippen molar-refractivity contribution in [2.45, 2.75) is 341 Å². The summed E-state index contributed by atoms with van der Waals surface area (Å²) >= 11 is 0. The van der Waals surface area contributed by atoms with Gasteiger partial charge in [0.1, 0.15) is 13.2 Å². The van der Waals surface area contributed by atoms with E-state index in [1.807, 2.05) is 6.08 Å². The summed E-state index contributed by atoms with van der Waals surface area (Å²) in [5.74, 6) is -0.929. The summed E-state index contributed by atoms with van der Waals surface area (Å²) < 4.78 is 16.8. The first-order valence-corrected chi connectivity index (χ1v) is 30.3. The first-order chi connectivity index (χ1) is 33.5. The molecule has 400 valence electrons. The van der Waals surface area contributed by atoms with Crippen molar-refractivity contribution in [2.75, 3.05) is 13.2 Å². The van der Waals surface area contributed by atoms with Gasteiger partial charge in [0.15, 0.2) is 6.10 Å². The molecule has 0 spiro atoms. The highest BCUT2D eigenvalue weighted by Gasteiger charge is 2.19. The maximum atomic E-state index is 12.9. The van der Waals surface area contributed by atoms with Crippen LogP contribution in [0.4, 0.5) is 0 Å². The van der Waals surface area contributed by atoms with Gasteiger partial charge in [0, 0.05) is 19.3 Å². The highest BCUT2D eigenvalue weighted by Crippen LogP contribution is 2.18. The Bertz CT molecular complexity index is 1100. The smallest absolute Gasteiger partial charge is 0.306 e. The van der Waals surface area contributed by atoms with Crippen molar-refractivity contribution in [3.8, 4) is 0 Å². The average molecular weight is 958 g/mol. The van der Waals surface area contributed by atoms with Gasteiger partial charge in [-0.3, -0.25) is 14.4 Å². The van der Waals surface area contributed by atoms with E-state index in [-0.39, 0.29) is 37.5 Å². The van der Waals surface area contributed by atoms with Gasteiger partial charge in [-0.2, -0.15) is 0 Å². The quantitative estimate of drug-likeness (QED) is 0.0262. The lowest BCUT2D eigenvalue weighted by Gasteiger charge is -2.18. The lowest BCUT2D eigenvalue weighted by molar-refractivity contribution is -0.166. The minimum absolute atomic E-state index is 0.0823. The van der Waals surface area contributed by atoms with Gasteiger partial charge in [0.05, 0.1) is 0 Å². The van der Waals surface area contributed by atoms with Gasteiger partial charge in [-0.05, 0) is 38.5 Å². The minimum atomic E-state index is -0.789. The van der Waals surface area contributed by atoms with Crippen LogP contribution >= 0.6 is 0 Å². The predicted octanol–water partition coefficient (Wildman–Crippen LogP) is 20.3. The fraction of sp³-hybridized carbons (Fsp3) is 0.887. The molecule has 0 saturated carbocycles. The molecule has 0 aliphatic heterocycles.